The van der Waals surface area contributed by atoms with Gasteiger partial charge in [0.05, 0.1) is 6.10 Å². The van der Waals surface area contributed by atoms with Gasteiger partial charge in [0.15, 0.2) is 5.96 Å². The van der Waals surface area contributed by atoms with Crippen molar-refractivity contribution in [1.82, 2.24) is 15.6 Å². The number of aryl methyl sites for hydroxylation is 1. The quantitative estimate of drug-likeness (QED) is 0.540. The molecule has 2 rings (SSSR count). The smallest absolute Gasteiger partial charge is 0.191 e. The summed E-state index contributed by atoms with van der Waals surface area (Å²) in [5, 5.41) is 6.73. The standard InChI is InChI=1S/C22H33N5O/c1-7-17(3)28-20-12-16(2)8-9-19(20)15-26-22(23-4)25-14-18-10-11-24-21(13-18)27(5)6/h8-13,17H,7,14-15H2,1-6H3,(H2,23,25,26). The van der Waals surface area contributed by atoms with E-state index in [0.717, 1.165) is 35.1 Å². The first-order valence-corrected chi connectivity index (χ1v) is 9.75. The van der Waals surface area contributed by atoms with Crippen molar-refractivity contribution >= 4 is 11.8 Å². The Labute approximate surface area is 169 Å². The Bertz CT molecular complexity index is 788. The average Bonchev–Trinajstić information content (AvgIpc) is 2.69. The minimum Gasteiger partial charge on any atom is -0.490 e. The molecule has 6 heteroatoms. The molecule has 0 spiro atoms. The molecule has 2 aromatic rings. The molecule has 28 heavy (non-hydrogen) atoms. The number of ether oxygens (including phenoxy) is 1. The number of nitrogens with zero attached hydrogens (tertiary/aromatic N) is 3. The zero-order valence-electron chi connectivity index (χ0n) is 17.9. The van der Waals surface area contributed by atoms with Gasteiger partial charge in [-0.3, -0.25) is 4.99 Å². The number of hydrogen-bond acceptors (Lipinski definition) is 4. The van der Waals surface area contributed by atoms with Crippen LogP contribution in [0.25, 0.3) is 0 Å². The number of aliphatic imine (C=N–C) groups is 1. The van der Waals surface area contributed by atoms with Gasteiger partial charge in [0.2, 0.25) is 0 Å². The lowest BCUT2D eigenvalue weighted by Gasteiger charge is -2.18. The molecular formula is C22H33N5O. The summed E-state index contributed by atoms with van der Waals surface area (Å²) in [6, 6.07) is 10.4. The summed E-state index contributed by atoms with van der Waals surface area (Å²) >= 11 is 0. The van der Waals surface area contributed by atoms with Crippen molar-refractivity contribution in [3.8, 4) is 5.75 Å². The zero-order chi connectivity index (χ0) is 20.5. The normalized spacial score (nSPS) is 12.4. The lowest BCUT2D eigenvalue weighted by molar-refractivity contribution is 0.215. The number of aromatic nitrogens is 1. The highest BCUT2D eigenvalue weighted by molar-refractivity contribution is 5.79. The number of anilines is 1. The molecule has 0 radical (unpaired) electrons. The van der Waals surface area contributed by atoms with E-state index in [1.165, 1.54) is 5.56 Å². The van der Waals surface area contributed by atoms with E-state index >= 15 is 0 Å². The summed E-state index contributed by atoms with van der Waals surface area (Å²) < 4.78 is 6.09. The molecule has 152 valence electrons. The molecule has 0 saturated heterocycles. The molecular weight excluding hydrogens is 350 g/mol. The SMILES string of the molecule is CCC(C)Oc1cc(C)ccc1CNC(=NC)NCc1ccnc(N(C)C)c1. The minimum atomic E-state index is 0.190. The van der Waals surface area contributed by atoms with Gasteiger partial charge in [-0.25, -0.2) is 4.98 Å². The van der Waals surface area contributed by atoms with Crippen molar-refractivity contribution in [3.63, 3.8) is 0 Å². The van der Waals surface area contributed by atoms with Gasteiger partial charge in [-0.1, -0.05) is 19.1 Å². The second-order valence-electron chi connectivity index (χ2n) is 7.14. The topological polar surface area (TPSA) is 61.8 Å². The van der Waals surface area contributed by atoms with Crippen LogP contribution in [-0.2, 0) is 13.1 Å². The molecule has 0 fully saturated rings. The van der Waals surface area contributed by atoms with E-state index in [4.69, 9.17) is 4.74 Å². The molecule has 1 unspecified atom stereocenters. The first kappa shape index (κ1) is 21.5. The van der Waals surface area contributed by atoms with Crippen LogP contribution in [0.3, 0.4) is 0 Å². The van der Waals surface area contributed by atoms with E-state index in [1.54, 1.807) is 7.05 Å². The predicted molar refractivity (Wildman–Crippen MR) is 117 cm³/mol. The Morgan fingerprint density at radius 1 is 1.18 bits per heavy atom. The molecule has 1 atom stereocenters. The Hall–Kier alpha value is -2.76. The van der Waals surface area contributed by atoms with Crippen LogP contribution >= 0.6 is 0 Å². The van der Waals surface area contributed by atoms with Crippen LogP contribution in [0.5, 0.6) is 5.75 Å². The third kappa shape index (κ3) is 6.44. The van der Waals surface area contributed by atoms with Gasteiger partial charge in [0, 0.05) is 46.0 Å². The second kappa shape index (κ2) is 10.5. The summed E-state index contributed by atoms with van der Waals surface area (Å²) in [6.45, 7) is 7.62. The van der Waals surface area contributed by atoms with Crippen LogP contribution < -0.4 is 20.3 Å². The van der Waals surface area contributed by atoms with Crippen LogP contribution in [0.1, 0.15) is 37.0 Å². The minimum absolute atomic E-state index is 0.190. The van der Waals surface area contributed by atoms with E-state index in [-0.39, 0.29) is 6.10 Å². The maximum Gasteiger partial charge on any atom is 0.191 e. The Kier molecular flexibility index (Phi) is 8.11. The molecule has 0 amide bonds. The van der Waals surface area contributed by atoms with Crippen molar-refractivity contribution < 1.29 is 4.74 Å². The molecule has 0 aliphatic carbocycles. The largest absolute Gasteiger partial charge is 0.490 e. The first-order chi connectivity index (χ1) is 13.4. The van der Waals surface area contributed by atoms with Gasteiger partial charge in [0.25, 0.3) is 0 Å². The summed E-state index contributed by atoms with van der Waals surface area (Å²) in [5.41, 5.74) is 3.46. The summed E-state index contributed by atoms with van der Waals surface area (Å²) in [5.74, 6) is 2.62. The maximum atomic E-state index is 6.09. The van der Waals surface area contributed by atoms with Crippen LogP contribution in [-0.4, -0.2) is 38.2 Å². The van der Waals surface area contributed by atoms with Gasteiger partial charge in [-0.05, 0) is 49.6 Å². The lowest BCUT2D eigenvalue weighted by Crippen LogP contribution is -2.36. The summed E-state index contributed by atoms with van der Waals surface area (Å²) in [4.78, 5) is 10.7. The first-order valence-electron chi connectivity index (χ1n) is 9.75. The van der Waals surface area contributed by atoms with E-state index in [9.17, 15) is 0 Å². The molecule has 0 bridgehead atoms. The van der Waals surface area contributed by atoms with E-state index in [1.807, 2.05) is 31.3 Å². The average molecular weight is 384 g/mol. The molecule has 1 aromatic carbocycles. The van der Waals surface area contributed by atoms with Crippen LogP contribution in [0.4, 0.5) is 5.82 Å². The van der Waals surface area contributed by atoms with Crippen molar-refractivity contribution in [2.24, 2.45) is 4.99 Å². The number of rotatable bonds is 8. The molecule has 0 aliphatic heterocycles. The molecule has 6 nitrogen and oxygen atoms in total. The maximum absolute atomic E-state index is 6.09. The van der Waals surface area contributed by atoms with Crippen LogP contribution in [0.15, 0.2) is 41.5 Å². The fraction of sp³-hybridized carbons (Fsp3) is 0.455. The third-order valence-electron chi connectivity index (χ3n) is 4.52. The fourth-order valence-electron chi connectivity index (χ4n) is 2.62. The summed E-state index contributed by atoms with van der Waals surface area (Å²) in [6.07, 6.45) is 2.99. The number of pyridine rings is 1. The number of hydrogen-bond donors (Lipinski definition) is 2. The highest BCUT2D eigenvalue weighted by atomic mass is 16.5. The highest BCUT2D eigenvalue weighted by Crippen LogP contribution is 2.22. The molecule has 0 aliphatic rings. The van der Waals surface area contributed by atoms with E-state index in [2.05, 4.69) is 65.6 Å². The van der Waals surface area contributed by atoms with Crippen molar-refractivity contribution in [3.05, 3.63) is 53.2 Å². The van der Waals surface area contributed by atoms with Gasteiger partial charge in [-0.15, -0.1) is 0 Å². The van der Waals surface area contributed by atoms with Gasteiger partial charge in [-0.2, -0.15) is 0 Å². The van der Waals surface area contributed by atoms with Crippen molar-refractivity contribution in [1.29, 1.82) is 0 Å². The van der Waals surface area contributed by atoms with Crippen molar-refractivity contribution in [2.45, 2.75) is 46.4 Å². The second-order valence-corrected chi connectivity index (χ2v) is 7.14. The van der Waals surface area contributed by atoms with Crippen LogP contribution in [0, 0.1) is 6.92 Å². The number of nitrogens with one attached hydrogen (secondary N) is 2. The number of guanidine groups is 1. The van der Waals surface area contributed by atoms with Gasteiger partial charge >= 0.3 is 0 Å². The van der Waals surface area contributed by atoms with Crippen molar-refractivity contribution in [2.75, 3.05) is 26.0 Å². The zero-order valence-corrected chi connectivity index (χ0v) is 17.9. The van der Waals surface area contributed by atoms with Gasteiger partial charge < -0.3 is 20.3 Å². The lowest BCUT2D eigenvalue weighted by atomic mass is 10.1. The highest BCUT2D eigenvalue weighted by Gasteiger charge is 2.09. The Morgan fingerprint density at radius 2 is 1.93 bits per heavy atom. The predicted octanol–water partition coefficient (Wildman–Crippen LogP) is 3.50. The van der Waals surface area contributed by atoms with E-state index < -0.39 is 0 Å². The fourth-order valence-corrected chi connectivity index (χ4v) is 2.62. The molecule has 2 N–H and O–H groups in total. The summed E-state index contributed by atoms with van der Waals surface area (Å²) in [7, 11) is 5.75. The van der Waals surface area contributed by atoms with E-state index in [0.29, 0.717) is 13.1 Å². The molecule has 0 saturated carbocycles. The molecule has 1 aromatic heterocycles. The van der Waals surface area contributed by atoms with Gasteiger partial charge in [0.1, 0.15) is 11.6 Å². The monoisotopic (exact) mass is 383 g/mol. The van der Waals surface area contributed by atoms with Crippen LogP contribution in [0.2, 0.25) is 0 Å². The Morgan fingerprint density at radius 3 is 2.61 bits per heavy atom. The third-order valence-corrected chi connectivity index (χ3v) is 4.52. The Balaban J connectivity index is 1.98. The number of benzene rings is 1. The molecule has 1 heterocycles.